The number of amides is 1. The molecule has 0 unspecified atom stereocenters. The van der Waals surface area contributed by atoms with Crippen molar-refractivity contribution in [1.82, 2.24) is 4.98 Å². The van der Waals surface area contributed by atoms with Gasteiger partial charge in [-0.3, -0.25) is 10.1 Å². The topological polar surface area (TPSA) is 68.3 Å². The fraction of sp³-hybridized carbons (Fsp3) is 0.250. The van der Waals surface area contributed by atoms with Crippen LogP contribution in [0.4, 0.5) is 5.13 Å². The quantitative estimate of drug-likeness (QED) is 0.672. The number of fused-ring (bicyclic) bond motifs is 1. The second-order valence-corrected chi connectivity index (χ2v) is 7.42. The molecule has 0 fully saturated rings. The van der Waals surface area contributed by atoms with Crippen molar-refractivity contribution in [2.24, 2.45) is 0 Å². The van der Waals surface area contributed by atoms with Crippen molar-refractivity contribution in [3.05, 3.63) is 59.2 Å². The van der Waals surface area contributed by atoms with Gasteiger partial charge in [0.25, 0.3) is 5.91 Å². The Morgan fingerprint density at radius 3 is 2.58 bits per heavy atom. The molecular weight excluding hydrogens is 348 g/mol. The first-order valence-corrected chi connectivity index (χ1v) is 9.18. The highest BCUT2D eigenvalue weighted by Crippen LogP contribution is 2.26. The lowest BCUT2D eigenvalue weighted by molar-refractivity contribution is -0.119. The van der Waals surface area contributed by atoms with Gasteiger partial charge in [0.15, 0.2) is 11.7 Å². The molecule has 0 aliphatic rings. The Morgan fingerprint density at radius 2 is 1.88 bits per heavy atom. The van der Waals surface area contributed by atoms with Crippen LogP contribution in [0.3, 0.4) is 0 Å². The second kappa shape index (κ2) is 7.66. The van der Waals surface area contributed by atoms with E-state index < -0.39 is 11.9 Å². The maximum Gasteiger partial charge on any atom is 0.338 e. The summed E-state index contributed by atoms with van der Waals surface area (Å²) in [5.74, 6) is -0.535. The predicted octanol–water partition coefficient (Wildman–Crippen LogP) is 4.52. The molecule has 0 saturated heterocycles. The van der Waals surface area contributed by atoms with E-state index in [-0.39, 0.29) is 6.61 Å². The van der Waals surface area contributed by atoms with Crippen molar-refractivity contribution in [2.45, 2.75) is 26.7 Å². The van der Waals surface area contributed by atoms with E-state index in [9.17, 15) is 9.59 Å². The molecule has 26 heavy (non-hydrogen) atoms. The summed E-state index contributed by atoms with van der Waals surface area (Å²) in [6, 6.07) is 13.1. The molecule has 3 aromatic rings. The summed E-state index contributed by atoms with van der Waals surface area (Å²) in [5, 5.41) is 3.17. The van der Waals surface area contributed by atoms with E-state index in [1.54, 1.807) is 12.1 Å². The molecule has 3 rings (SSSR count). The fourth-order valence-electron chi connectivity index (χ4n) is 2.46. The van der Waals surface area contributed by atoms with E-state index in [0.717, 1.165) is 21.3 Å². The molecule has 0 aliphatic carbocycles. The third-order valence-electron chi connectivity index (χ3n) is 3.94. The van der Waals surface area contributed by atoms with Crippen LogP contribution in [0, 0.1) is 6.92 Å². The summed E-state index contributed by atoms with van der Waals surface area (Å²) in [7, 11) is 0. The van der Waals surface area contributed by atoms with Gasteiger partial charge in [0.05, 0.1) is 15.8 Å². The highest BCUT2D eigenvalue weighted by atomic mass is 32.1. The summed E-state index contributed by atoms with van der Waals surface area (Å²) < 4.78 is 6.08. The van der Waals surface area contributed by atoms with Crippen molar-refractivity contribution < 1.29 is 14.3 Å². The molecule has 1 amide bonds. The minimum Gasteiger partial charge on any atom is -0.452 e. The van der Waals surface area contributed by atoms with Crippen molar-refractivity contribution >= 4 is 38.6 Å². The van der Waals surface area contributed by atoms with Gasteiger partial charge in [-0.05, 0) is 48.2 Å². The Bertz CT molecular complexity index is 945. The van der Waals surface area contributed by atoms with Gasteiger partial charge in [0.1, 0.15) is 0 Å². The van der Waals surface area contributed by atoms with Gasteiger partial charge in [0.2, 0.25) is 0 Å². The first kappa shape index (κ1) is 18.1. The largest absolute Gasteiger partial charge is 0.452 e. The van der Waals surface area contributed by atoms with Crippen LogP contribution < -0.4 is 5.32 Å². The molecule has 5 nitrogen and oxygen atoms in total. The van der Waals surface area contributed by atoms with Crippen LogP contribution in [0.15, 0.2) is 42.5 Å². The van der Waals surface area contributed by atoms with Gasteiger partial charge in [-0.1, -0.05) is 43.4 Å². The Morgan fingerprint density at radius 1 is 1.15 bits per heavy atom. The van der Waals surface area contributed by atoms with Crippen LogP contribution >= 0.6 is 11.3 Å². The van der Waals surface area contributed by atoms with Crippen LogP contribution in [0.5, 0.6) is 0 Å². The average molecular weight is 368 g/mol. The number of benzene rings is 2. The molecule has 134 valence electrons. The van der Waals surface area contributed by atoms with Gasteiger partial charge in [0, 0.05) is 0 Å². The van der Waals surface area contributed by atoms with Gasteiger partial charge in [-0.2, -0.15) is 0 Å². The Balaban J connectivity index is 1.56. The lowest BCUT2D eigenvalue weighted by Crippen LogP contribution is -2.20. The monoisotopic (exact) mass is 368 g/mol. The Labute approximate surface area is 156 Å². The molecule has 0 atom stereocenters. The summed E-state index contributed by atoms with van der Waals surface area (Å²) in [4.78, 5) is 28.4. The van der Waals surface area contributed by atoms with E-state index >= 15 is 0 Å². The maximum absolute atomic E-state index is 12.0. The number of nitrogens with zero attached hydrogens (tertiary/aromatic N) is 1. The van der Waals surface area contributed by atoms with E-state index in [1.807, 2.05) is 37.3 Å². The number of anilines is 1. The number of aromatic nitrogens is 1. The molecule has 0 saturated carbocycles. The summed E-state index contributed by atoms with van der Waals surface area (Å²) >= 11 is 1.39. The molecule has 1 heterocycles. The van der Waals surface area contributed by atoms with Gasteiger partial charge >= 0.3 is 5.97 Å². The zero-order chi connectivity index (χ0) is 18.7. The molecule has 6 heteroatoms. The fourth-order valence-corrected chi connectivity index (χ4v) is 3.44. The minimum absolute atomic E-state index is 0.348. The molecule has 0 aliphatic heterocycles. The highest BCUT2D eigenvalue weighted by Gasteiger charge is 2.12. The zero-order valence-electron chi connectivity index (χ0n) is 14.9. The van der Waals surface area contributed by atoms with Crippen molar-refractivity contribution in [3.8, 4) is 0 Å². The first-order chi connectivity index (χ1) is 12.4. The molecule has 1 N–H and O–H groups in total. The Kier molecular flexibility index (Phi) is 5.32. The minimum atomic E-state index is -0.518. The van der Waals surface area contributed by atoms with Crippen LogP contribution in [0.1, 0.15) is 41.3 Å². The second-order valence-electron chi connectivity index (χ2n) is 6.39. The number of thiazole rings is 1. The average Bonchev–Trinajstić information content (AvgIpc) is 3.00. The van der Waals surface area contributed by atoms with E-state index in [1.165, 1.54) is 11.3 Å². The molecule has 0 spiro atoms. The van der Waals surface area contributed by atoms with E-state index in [0.29, 0.717) is 16.6 Å². The van der Waals surface area contributed by atoms with Crippen LogP contribution in [-0.4, -0.2) is 23.5 Å². The summed E-state index contributed by atoms with van der Waals surface area (Å²) in [6.45, 7) is 5.83. The molecule has 1 aromatic heterocycles. The number of nitrogens with one attached hydrogen (secondary N) is 1. The summed E-state index contributed by atoms with van der Waals surface area (Å²) in [5.41, 5.74) is 3.54. The van der Waals surface area contributed by atoms with Crippen LogP contribution in [0.25, 0.3) is 10.2 Å². The number of esters is 1. The lowest BCUT2D eigenvalue weighted by Gasteiger charge is -2.07. The zero-order valence-corrected chi connectivity index (χ0v) is 15.7. The molecule has 0 radical (unpaired) electrons. The number of ether oxygens (including phenoxy) is 1. The Hall–Kier alpha value is -2.73. The highest BCUT2D eigenvalue weighted by molar-refractivity contribution is 7.22. The summed E-state index contributed by atoms with van der Waals surface area (Å²) in [6.07, 6.45) is 0. The normalized spacial score (nSPS) is 10.9. The predicted molar refractivity (Wildman–Crippen MR) is 104 cm³/mol. The smallest absolute Gasteiger partial charge is 0.338 e. The van der Waals surface area contributed by atoms with Gasteiger partial charge in [-0.15, -0.1) is 0 Å². The van der Waals surface area contributed by atoms with Gasteiger partial charge < -0.3 is 4.74 Å². The van der Waals surface area contributed by atoms with Crippen molar-refractivity contribution in [3.63, 3.8) is 0 Å². The number of rotatable bonds is 5. The van der Waals surface area contributed by atoms with Gasteiger partial charge in [-0.25, -0.2) is 9.78 Å². The lowest BCUT2D eigenvalue weighted by atomic mass is 10.0. The number of carbonyl (C=O) groups excluding carboxylic acids is 2. The van der Waals surface area contributed by atoms with E-state index in [4.69, 9.17) is 4.74 Å². The molecule has 0 bridgehead atoms. The standard InChI is InChI=1S/C20H20N2O3S/c1-12(2)14-5-7-15(8-6-14)19(24)25-11-18(23)22-20-21-16-9-4-13(3)10-17(16)26-20/h4-10,12H,11H2,1-3H3,(H,21,22,23). The third-order valence-corrected chi connectivity index (χ3v) is 4.87. The molecular formula is C20H20N2O3S. The van der Waals surface area contributed by atoms with Crippen LogP contribution in [0.2, 0.25) is 0 Å². The number of hydrogen-bond acceptors (Lipinski definition) is 5. The number of hydrogen-bond donors (Lipinski definition) is 1. The third kappa shape index (κ3) is 4.26. The van der Waals surface area contributed by atoms with Crippen molar-refractivity contribution in [2.75, 3.05) is 11.9 Å². The van der Waals surface area contributed by atoms with Crippen LogP contribution in [-0.2, 0) is 9.53 Å². The van der Waals surface area contributed by atoms with Crippen molar-refractivity contribution in [1.29, 1.82) is 0 Å². The van der Waals surface area contributed by atoms with E-state index in [2.05, 4.69) is 24.1 Å². The first-order valence-electron chi connectivity index (χ1n) is 8.36. The number of aryl methyl sites for hydroxylation is 1. The molecule has 2 aromatic carbocycles. The number of carbonyl (C=O) groups is 2. The maximum atomic E-state index is 12.0. The SMILES string of the molecule is Cc1ccc2nc(NC(=O)COC(=O)c3ccc(C(C)C)cc3)sc2c1.